The smallest absolute Gasteiger partial charge is 0.276 e. The minimum absolute atomic E-state index is 0.491. The van der Waals surface area contributed by atoms with E-state index >= 15 is 0 Å². The minimum Gasteiger partial charge on any atom is -0.276 e. The maximum absolute atomic E-state index is 12.5. The molecule has 0 radical (unpaired) electrons. The normalized spacial score (nSPS) is 18.1. The van der Waals surface area contributed by atoms with Crippen LogP contribution in [0.15, 0.2) is 24.3 Å². The summed E-state index contributed by atoms with van der Waals surface area (Å²) < 4.78 is 0. The minimum atomic E-state index is -1.24. The van der Waals surface area contributed by atoms with Gasteiger partial charge >= 0.3 is 6.03 Å². The third-order valence-corrected chi connectivity index (χ3v) is 3.48. The van der Waals surface area contributed by atoms with E-state index in [0.717, 1.165) is 23.3 Å². The predicted octanol–water partition coefficient (Wildman–Crippen LogP) is 2.25. The fraction of sp³-hybridized carbons (Fsp3) is 0.400. The molecule has 106 valence electrons. The van der Waals surface area contributed by atoms with Crippen LogP contribution < -0.4 is 10.2 Å². The van der Waals surface area contributed by atoms with Crippen LogP contribution in [0.3, 0.4) is 0 Å². The molecule has 5 nitrogen and oxygen atoms in total. The van der Waals surface area contributed by atoms with Gasteiger partial charge in [0.05, 0.1) is 5.69 Å². The molecule has 20 heavy (non-hydrogen) atoms. The number of hydrogen-bond donors (Lipinski definition) is 1. The number of amides is 4. The van der Waals surface area contributed by atoms with Crippen LogP contribution >= 0.6 is 0 Å². The van der Waals surface area contributed by atoms with Crippen molar-refractivity contribution in [2.45, 2.75) is 33.6 Å². The van der Waals surface area contributed by atoms with E-state index in [4.69, 9.17) is 0 Å². The fourth-order valence-corrected chi connectivity index (χ4v) is 2.21. The van der Waals surface area contributed by atoms with Crippen molar-refractivity contribution < 1.29 is 14.4 Å². The second-order valence-electron chi connectivity index (χ2n) is 5.40. The molecule has 1 saturated heterocycles. The Bertz CT molecular complexity index is 578. The van der Waals surface area contributed by atoms with Crippen molar-refractivity contribution in [1.82, 2.24) is 5.32 Å². The number of barbiturate groups is 1. The van der Waals surface area contributed by atoms with Gasteiger partial charge < -0.3 is 0 Å². The Labute approximate surface area is 118 Å². The summed E-state index contributed by atoms with van der Waals surface area (Å²) in [5.41, 5.74) is 0.230. The van der Waals surface area contributed by atoms with E-state index in [1.54, 1.807) is 12.1 Å². The van der Waals surface area contributed by atoms with Gasteiger partial charge in [0.15, 0.2) is 0 Å². The SMILES string of the molecule is CCCc1ccccc1N1C(=O)NC(=O)C(C)(C)C1=O. The van der Waals surface area contributed by atoms with Crippen molar-refractivity contribution in [1.29, 1.82) is 0 Å². The molecule has 1 aromatic carbocycles. The van der Waals surface area contributed by atoms with Crippen molar-refractivity contribution in [2.24, 2.45) is 5.41 Å². The predicted molar refractivity (Wildman–Crippen MR) is 75.2 cm³/mol. The summed E-state index contributed by atoms with van der Waals surface area (Å²) in [6.45, 7) is 5.07. The monoisotopic (exact) mass is 274 g/mol. The summed E-state index contributed by atoms with van der Waals surface area (Å²) in [5.74, 6) is -1.05. The highest BCUT2D eigenvalue weighted by Crippen LogP contribution is 2.30. The van der Waals surface area contributed by atoms with Gasteiger partial charge in [-0.25, -0.2) is 9.69 Å². The summed E-state index contributed by atoms with van der Waals surface area (Å²) in [4.78, 5) is 37.3. The van der Waals surface area contributed by atoms with Crippen molar-refractivity contribution in [3.05, 3.63) is 29.8 Å². The second kappa shape index (κ2) is 5.07. The highest BCUT2D eigenvalue weighted by atomic mass is 16.2. The highest BCUT2D eigenvalue weighted by molar-refractivity contribution is 6.29. The Hall–Kier alpha value is -2.17. The van der Waals surface area contributed by atoms with Crippen LogP contribution in [0, 0.1) is 5.41 Å². The third-order valence-electron chi connectivity index (χ3n) is 3.48. The molecule has 2 rings (SSSR count). The zero-order valence-corrected chi connectivity index (χ0v) is 11.9. The molecular weight excluding hydrogens is 256 g/mol. The zero-order chi connectivity index (χ0) is 14.9. The third kappa shape index (κ3) is 2.19. The Morgan fingerprint density at radius 3 is 2.45 bits per heavy atom. The number of hydrogen-bond acceptors (Lipinski definition) is 3. The van der Waals surface area contributed by atoms with Crippen LogP contribution in [0.5, 0.6) is 0 Å². The molecule has 0 spiro atoms. The average Bonchev–Trinajstić information content (AvgIpc) is 2.39. The van der Waals surface area contributed by atoms with E-state index < -0.39 is 23.3 Å². The lowest BCUT2D eigenvalue weighted by Gasteiger charge is -2.35. The summed E-state index contributed by atoms with van der Waals surface area (Å²) in [6.07, 6.45) is 1.67. The number of urea groups is 1. The van der Waals surface area contributed by atoms with E-state index in [1.165, 1.54) is 13.8 Å². The molecule has 0 aromatic heterocycles. The van der Waals surface area contributed by atoms with Crippen LogP contribution in [0.1, 0.15) is 32.8 Å². The largest absolute Gasteiger partial charge is 0.335 e. The fourth-order valence-electron chi connectivity index (χ4n) is 2.21. The first kappa shape index (κ1) is 14.2. The number of rotatable bonds is 3. The molecule has 1 fully saturated rings. The number of imide groups is 2. The highest BCUT2D eigenvalue weighted by Gasteiger charge is 2.47. The molecule has 1 aromatic rings. The van der Waals surface area contributed by atoms with Gasteiger partial charge in [-0.15, -0.1) is 0 Å². The van der Waals surface area contributed by atoms with Gasteiger partial charge in [-0.1, -0.05) is 31.5 Å². The van der Waals surface area contributed by atoms with Crippen LogP contribution in [0.2, 0.25) is 0 Å². The van der Waals surface area contributed by atoms with Crippen LogP contribution in [-0.4, -0.2) is 17.8 Å². The Balaban J connectivity index is 2.48. The van der Waals surface area contributed by atoms with Crippen molar-refractivity contribution in [3.63, 3.8) is 0 Å². The molecule has 1 aliphatic heterocycles. The number of carbonyl (C=O) groups excluding carboxylic acids is 3. The van der Waals surface area contributed by atoms with E-state index in [1.807, 2.05) is 19.1 Å². The molecule has 0 saturated carbocycles. The molecule has 4 amide bonds. The van der Waals surface area contributed by atoms with E-state index in [2.05, 4.69) is 5.32 Å². The summed E-state index contributed by atoms with van der Waals surface area (Å²) in [6, 6.07) is 6.59. The quantitative estimate of drug-likeness (QED) is 0.860. The molecule has 0 atom stereocenters. The Morgan fingerprint density at radius 1 is 1.15 bits per heavy atom. The topological polar surface area (TPSA) is 66.5 Å². The second-order valence-corrected chi connectivity index (χ2v) is 5.40. The molecular formula is C15H18N2O3. The Kier molecular flexibility index (Phi) is 3.61. The number of anilines is 1. The van der Waals surface area contributed by atoms with Gasteiger partial charge in [-0.3, -0.25) is 14.9 Å². The van der Waals surface area contributed by atoms with Gasteiger partial charge in [0, 0.05) is 0 Å². The number of nitrogens with zero attached hydrogens (tertiary/aromatic N) is 1. The molecule has 1 heterocycles. The number of aryl methyl sites for hydroxylation is 1. The van der Waals surface area contributed by atoms with Crippen molar-refractivity contribution in [3.8, 4) is 0 Å². The summed E-state index contributed by atoms with van der Waals surface area (Å²) in [5, 5.41) is 2.25. The van der Waals surface area contributed by atoms with Crippen LogP contribution in [0.4, 0.5) is 10.5 Å². The molecule has 0 aliphatic carbocycles. The lowest BCUT2D eigenvalue weighted by Crippen LogP contribution is -2.62. The van der Waals surface area contributed by atoms with Crippen LogP contribution in [-0.2, 0) is 16.0 Å². The lowest BCUT2D eigenvalue weighted by molar-refractivity contribution is -0.140. The number of nitrogens with one attached hydrogen (secondary N) is 1. The molecule has 5 heteroatoms. The number of carbonyl (C=O) groups is 3. The first-order chi connectivity index (χ1) is 9.39. The zero-order valence-electron chi connectivity index (χ0n) is 11.9. The lowest BCUT2D eigenvalue weighted by atomic mass is 9.88. The van der Waals surface area contributed by atoms with Gasteiger partial charge in [-0.05, 0) is 31.9 Å². The average molecular weight is 274 g/mol. The van der Waals surface area contributed by atoms with E-state index in [0.29, 0.717) is 5.69 Å². The van der Waals surface area contributed by atoms with Gasteiger partial charge in [0.2, 0.25) is 11.8 Å². The summed E-state index contributed by atoms with van der Waals surface area (Å²) >= 11 is 0. The molecule has 0 bridgehead atoms. The van der Waals surface area contributed by atoms with Gasteiger partial charge in [0.1, 0.15) is 5.41 Å². The molecule has 1 aliphatic rings. The van der Waals surface area contributed by atoms with Crippen molar-refractivity contribution in [2.75, 3.05) is 4.90 Å². The number of para-hydroxylation sites is 1. The van der Waals surface area contributed by atoms with E-state index in [9.17, 15) is 14.4 Å². The van der Waals surface area contributed by atoms with Crippen molar-refractivity contribution >= 4 is 23.5 Å². The standard InChI is InChI=1S/C15H18N2O3/c1-4-7-10-8-5-6-9-11(10)17-13(19)15(2,3)12(18)16-14(17)20/h5-6,8-9H,4,7H2,1-3H3,(H,16,18,20). The first-order valence-electron chi connectivity index (χ1n) is 6.67. The molecule has 0 unspecified atom stereocenters. The van der Waals surface area contributed by atoms with Crippen LogP contribution in [0.25, 0.3) is 0 Å². The molecule has 1 N–H and O–H groups in total. The summed E-state index contributed by atoms with van der Waals surface area (Å²) in [7, 11) is 0. The maximum Gasteiger partial charge on any atom is 0.335 e. The Morgan fingerprint density at radius 2 is 1.80 bits per heavy atom. The number of benzene rings is 1. The van der Waals surface area contributed by atoms with Gasteiger partial charge in [0.25, 0.3) is 0 Å². The van der Waals surface area contributed by atoms with E-state index in [-0.39, 0.29) is 0 Å². The van der Waals surface area contributed by atoms with Gasteiger partial charge in [-0.2, -0.15) is 0 Å². The maximum atomic E-state index is 12.5. The first-order valence-corrected chi connectivity index (χ1v) is 6.67.